The lowest BCUT2D eigenvalue weighted by molar-refractivity contribution is 0.415. The monoisotopic (exact) mass is 472 g/mol. The van der Waals surface area contributed by atoms with Crippen molar-refractivity contribution in [1.82, 2.24) is 19.7 Å². The van der Waals surface area contributed by atoms with E-state index in [1.807, 2.05) is 47.2 Å². The zero-order valence-corrected chi connectivity index (χ0v) is 19.1. The average Bonchev–Trinajstić information content (AvgIpc) is 3.22. The van der Waals surface area contributed by atoms with Gasteiger partial charge in [0.2, 0.25) is 0 Å². The molecule has 158 valence electrons. The van der Waals surface area contributed by atoms with Crippen LogP contribution in [0.15, 0.2) is 66.1 Å². The molecule has 0 radical (unpaired) electrons. The van der Waals surface area contributed by atoms with Crippen molar-refractivity contribution in [3.8, 4) is 28.6 Å². The van der Waals surface area contributed by atoms with E-state index >= 15 is 0 Å². The van der Waals surface area contributed by atoms with Gasteiger partial charge in [-0.2, -0.15) is 0 Å². The molecule has 0 aliphatic heterocycles. The minimum Gasteiger partial charge on any atom is -0.496 e. The van der Waals surface area contributed by atoms with Gasteiger partial charge < -0.3 is 9.47 Å². The summed E-state index contributed by atoms with van der Waals surface area (Å²) in [7, 11) is 3.19. The fourth-order valence-electron chi connectivity index (χ4n) is 3.05. The third-order valence-electron chi connectivity index (χ3n) is 4.52. The van der Waals surface area contributed by atoms with E-state index < -0.39 is 0 Å². The maximum Gasteiger partial charge on any atom is 0.196 e. The van der Waals surface area contributed by atoms with E-state index in [9.17, 15) is 0 Å². The number of methoxy groups -OCH3 is 2. The minimum absolute atomic E-state index is 0.487. The highest BCUT2D eigenvalue weighted by molar-refractivity contribution is 7.98. The minimum atomic E-state index is 0.487. The van der Waals surface area contributed by atoms with Crippen molar-refractivity contribution in [1.29, 1.82) is 0 Å². The Morgan fingerprint density at radius 1 is 0.968 bits per heavy atom. The Kier molecular flexibility index (Phi) is 6.65. The van der Waals surface area contributed by atoms with Gasteiger partial charge in [0.15, 0.2) is 11.0 Å². The van der Waals surface area contributed by atoms with Gasteiger partial charge in [-0.1, -0.05) is 41.0 Å². The third-order valence-corrected chi connectivity index (χ3v) is 6.05. The quantitative estimate of drug-likeness (QED) is 0.310. The summed E-state index contributed by atoms with van der Waals surface area (Å²) >= 11 is 14.2. The number of hydrogen-bond acceptors (Lipinski definition) is 6. The second-order valence-corrected chi connectivity index (χ2v) is 8.24. The maximum atomic E-state index is 6.41. The van der Waals surface area contributed by atoms with Crippen LogP contribution >= 0.6 is 35.0 Å². The van der Waals surface area contributed by atoms with Crippen molar-refractivity contribution in [3.63, 3.8) is 0 Å². The van der Waals surface area contributed by atoms with Crippen molar-refractivity contribution in [2.45, 2.75) is 10.9 Å². The standard InChI is InChI=1S/C22H18Cl2N4O2S/c1-29-19-7-5-15(23)10-17(19)21-26-27-22(31-13-14-4-3-9-25-12-14)28(21)16-6-8-20(30-2)18(24)11-16/h3-12H,13H2,1-2H3. The molecular formula is C22H18Cl2N4O2S. The summed E-state index contributed by atoms with van der Waals surface area (Å²) < 4.78 is 12.8. The molecule has 0 N–H and O–H groups in total. The molecule has 0 saturated carbocycles. The molecule has 0 atom stereocenters. The van der Waals surface area contributed by atoms with Crippen molar-refractivity contribution in [3.05, 3.63) is 76.5 Å². The molecule has 2 heterocycles. The molecule has 4 aromatic rings. The highest BCUT2D eigenvalue weighted by Gasteiger charge is 2.20. The average molecular weight is 473 g/mol. The van der Waals surface area contributed by atoms with Crippen LogP contribution in [0.2, 0.25) is 10.0 Å². The van der Waals surface area contributed by atoms with Gasteiger partial charge in [-0.15, -0.1) is 10.2 Å². The van der Waals surface area contributed by atoms with Crippen LogP contribution in [0.1, 0.15) is 5.56 Å². The van der Waals surface area contributed by atoms with Gasteiger partial charge in [0.25, 0.3) is 0 Å². The first-order chi connectivity index (χ1) is 15.1. The van der Waals surface area contributed by atoms with Gasteiger partial charge in [-0.25, -0.2) is 0 Å². The Hall–Kier alpha value is -2.74. The van der Waals surface area contributed by atoms with Crippen molar-refractivity contribution in [2.75, 3.05) is 14.2 Å². The van der Waals surface area contributed by atoms with E-state index in [2.05, 4.69) is 15.2 Å². The summed E-state index contributed by atoms with van der Waals surface area (Å²) in [6.45, 7) is 0. The SMILES string of the molecule is COc1ccc(-n2c(SCc3cccnc3)nnc2-c2cc(Cl)ccc2OC)cc1Cl. The van der Waals surface area contributed by atoms with Crippen LogP contribution in [0.5, 0.6) is 11.5 Å². The number of nitrogens with zero attached hydrogens (tertiary/aromatic N) is 4. The molecule has 2 aromatic heterocycles. The Morgan fingerprint density at radius 2 is 1.77 bits per heavy atom. The number of hydrogen-bond donors (Lipinski definition) is 0. The molecule has 9 heteroatoms. The lowest BCUT2D eigenvalue weighted by atomic mass is 10.2. The van der Waals surface area contributed by atoms with E-state index in [1.165, 1.54) is 0 Å². The molecule has 0 bridgehead atoms. The van der Waals surface area contributed by atoms with E-state index in [0.29, 0.717) is 38.3 Å². The van der Waals surface area contributed by atoms with Crippen LogP contribution < -0.4 is 9.47 Å². The molecular weight excluding hydrogens is 455 g/mol. The molecule has 0 amide bonds. The van der Waals surface area contributed by atoms with E-state index in [4.69, 9.17) is 32.7 Å². The van der Waals surface area contributed by atoms with Crippen LogP contribution in [-0.2, 0) is 5.75 Å². The van der Waals surface area contributed by atoms with Gasteiger partial charge in [0.1, 0.15) is 11.5 Å². The molecule has 0 unspecified atom stereocenters. The predicted molar refractivity (Wildman–Crippen MR) is 124 cm³/mol. The van der Waals surface area contributed by atoms with Gasteiger partial charge in [-0.05, 0) is 48.0 Å². The Morgan fingerprint density at radius 3 is 2.48 bits per heavy atom. The summed E-state index contributed by atoms with van der Waals surface area (Å²) in [5.41, 5.74) is 2.60. The van der Waals surface area contributed by atoms with Crippen LogP contribution in [-0.4, -0.2) is 34.0 Å². The topological polar surface area (TPSA) is 62.1 Å². The number of halogens is 2. The van der Waals surface area contributed by atoms with Gasteiger partial charge in [0, 0.05) is 23.2 Å². The molecule has 0 aliphatic carbocycles. The summed E-state index contributed by atoms with van der Waals surface area (Å²) in [6.07, 6.45) is 3.58. The van der Waals surface area contributed by atoms with Crippen LogP contribution in [0, 0.1) is 0 Å². The number of thioether (sulfide) groups is 1. The van der Waals surface area contributed by atoms with E-state index in [-0.39, 0.29) is 0 Å². The molecule has 0 saturated heterocycles. The molecule has 31 heavy (non-hydrogen) atoms. The Labute approximate surface area is 194 Å². The van der Waals surface area contributed by atoms with Gasteiger partial charge >= 0.3 is 0 Å². The van der Waals surface area contributed by atoms with E-state index in [1.54, 1.807) is 44.3 Å². The molecule has 0 fully saturated rings. The predicted octanol–water partition coefficient (Wildman–Crippen LogP) is 5.95. The highest BCUT2D eigenvalue weighted by atomic mass is 35.5. The number of rotatable bonds is 7. The maximum absolute atomic E-state index is 6.41. The summed E-state index contributed by atoms with van der Waals surface area (Å²) in [6, 6.07) is 14.8. The summed E-state index contributed by atoms with van der Waals surface area (Å²) in [4.78, 5) is 4.17. The van der Waals surface area contributed by atoms with E-state index in [0.717, 1.165) is 16.8 Å². The molecule has 4 rings (SSSR count). The normalized spacial score (nSPS) is 10.8. The lowest BCUT2D eigenvalue weighted by Crippen LogP contribution is -2.01. The van der Waals surface area contributed by atoms with Crippen molar-refractivity contribution < 1.29 is 9.47 Å². The highest BCUT2D eigenvalue weighted by Crippen LogP contribution is 2.37. The first-order valence-electron chi connectivity index (χ1n) is 9.25. The lowest BCUT2D eigenvalue weighted by Gasteiger charge is -2.14. The van der Waals surface area contributed by atoms with Crippen molar-refractivity contribution >= 4 is 35.0 Å². The molecule has 2 aromatic carbocycles. The van der Waals surface area contributed by atoms with Gasteiger partial charge in [0.05, 0.1) is 30.5 Å². The second kappa shape index (κ2) is 9.60. The smallest absolute Gasteiger partial charge is 0.196 e. The molecule has 6 nitrogen and oxygen atoms in total. The Balaban J connectivity index is 1.83. The number of ether oxygens (including phenoxy) is 2. The fourth-order valence-corrected chi connectivity index (χ4v) is 4.36. The molecule has 0 spiro atoms. The number of pyridine rings is 1. The zero-order valence-electron chi connectivity index (χ0n) is 16.8. The first-order valence-corrected chi connectivity index (χ1v) is 11.0. The number of benzene rings is 2. The van der Waals surface area contributed by atoms with Gasteiger partial charge in [-0.3, -0.25) is 9.55 Å². The second-order valence-electron chi connectivity index (χ2n) is 6.45. The third kappa shape index (κ3) is 4.63. The number of aromatic nitrogens is 4. The van der Waals surface area contributed by atoms with Crippen molar-refractivity contribution in [2.24, 2.45) is 0 Å². The summed E-state index contributed by atoms with van der Waals surface area (Å²) in [5, 5.41) is 10.7. The zero-order chi connectivity index (χ0) is 21.8. The fraction of sp³-hybridized carbons (Fsp3) is 0.136. The van der Waals surface area contributed by atoms with Crippen LogP contribution in [0.3, 0.4) is 0 Å². The van der Waals surface area contributed by atoms with Crippen LogP contribution in [0.4, 0.5) is 0 Å². The molecule has 0 aliphatic rings. The largest absolute Gasteiger partial charge is 0.496 e. The summed E-state index contributed by atoms with van der Waals surface area (Å²) in [5.74, 6) is 2.50. The Bertz CT molecular complexity index is 1200. The first kappa shape index (κ1) is 21.5. The van der Waals surface area contributed by atoms with Crippen LogP contribution in [0.25, 0.3) is 17.1 Å².